The Labute approximate surface area is 180 Å². The number of rotatable bonds is 8. The Morgan fingerprint density at radius 1 is 1.00 bits per heavy atom. The molecule has 2 aromatic rings. The van der Waals surface area contributed by atoms with Crippen molar-refractivity contribution in [2.24, 2.45) is 16.2 Å². The molecule has 2 aromatic carbocycles. The van der Waals surface area contributed by atoms with Gasteiger partial charge in [-0.3, -0.25) is 4.79 Å². The molecule has 164 valence electrons. The maximum absolute atomic E-state index is 14.7. The Bertz CT molecular complexity index is 1050. The van der Waals surface area contributed by atoms with Crippen LogP contribution in [0.5, 0.6) is 0 Å². The lowest BCUT2D eigenvalue weighted by molar-refractivity contribution is -0.114. The molecule has 3 N–H and O–H groups in total. The van der Waals surface area contributed by atoms with Crippen LogP contribution in [0.1, 0.15) is 29.2 Å². The van der Waals surface area contributed by atoms with Crippen molar-refractivity contribution in [3.8, 4) is 0 Å². The molecule has 0 aromatic heterocycles. The molecule has 0 radical (unpaired) electrons. The predicted molar refractivity (Wildman–Crippen MR) is 117 cm³/mol. The molecule has 8 nitrogen and oxygen atoms in total. The summed E-state index contributed by atoms with van der Waals surface area (Å²) in [5.74, 6) is 4.81. The Hall–Kier alpha value is -3.72. The van der Waals surface area contributed by atoms with Gasteiger partial charge in [0, 0.05) is 29.3 Å². The molecule has 2 rings (SSSR count). The standard InChI is InChI=1S/C22H25FN4O4/c1-13-10-11-17(18(23)12-13)19(26-29-4)14(2)21(31-24)16-9-7-6-8-15(16)20(27-30-5)22(28)25-3/h6-12H,24H2,1-5H3,(H,25,28)/b21-14-,26-19+,27-20+. The molecule has 0 aliphatic carbocycles. The minimum atomic E-state index is -0.480. The number of hydrogen-bond acceptors (Lipinski definition) is 7. The van der Waals surface area contributed by atoms with E-state index >= 15 is 0 Å². The minimum absolute atomic E-state index is 0.00898. The second kappa shape index (κ2) is 10.9. The van der Waals surface area contributed by atoms with E-state index in [1.807, 2.05) is 0 Å². The van der Waals surface area contributed by atoms with Crippen LogP contribution in [-0.2, 0) is 19.3 Å². The van der Waals surface area contributed by atoms with Gasteiger partial charge >= 0.3 is 0 Å². The number of carbonyl (C=O) groups excluding carboxylic acids is 1. The second-order valence-corrected chi connectivity index (χ2v) is 6.42. The van der Waals surface area contributed by atoms with E-state index in [4.69, 9.17) is 20.4 Å². The summed E-state index contributed by atoms with van der Waals surface area (Å²) in [6, 6.07) is 11.5. The number of amides is 1. The summed E-state index contributed by atoms with van der Waals surface area (Å²) in [5.41, 5.74) is 2.35. The van der Waals surface area contributed by atoms with Crippen LogP contribution < -0.4 is 11.2 Å². The molecule has 0 saturated carbocycles. The molecule has 0 spiro atoms. The van der Waals surface area contributed by atoms with E-state index in [1.54, 1.807) is 50.2 Å². The van der Waals surface area contributed by atoms with Crippen LogP contribution in [0.2, 0.25) is 0 Å². The third kappa shape index (κ3) is 5.26. The third-order valence-electron chi connectivity index (χ3n) is 4.43. The fraction of sp³-hybridized carbons (Fsp3) is 0.227. The lowest BCUT2D eigenvalue weighted by Gasteiger charge is -2.16. The summed E-state index contributed by atoms with van der Waals surface area (Å²) in [6.07, 6.45) is 0. The number of halogens is 1. The van der Waals surface area contributed by atoms with Crippen LogP contribution >= 0.6 is 0 Å². The largest absolute Gasteiger partial charge is 0.410 e. The first-order chi connectivity index (χ1) is 14.9. The number of nitrogens with two attached hydrogens (primary N) is 1. The Kier molecular flexibility index (Phi) is 8.27. The molecule has 0 atom stereocenters. The molecule has 0 fully saturated rings. The van der Waals surface area contributed by atoms with Crippen LogP contribution in [0.15, 0.2) is 58.3 Å². The molecule has 0 bridgehead atoms. The molecule has 0 aliphatic heterocycles. The smallest absolute Gasteiger partial charge is 0.273 e. The van der Waals surface area contributed by atoms with Gasteiger partial charge in [-0.2, -0.15) is 5.90 Å². The fourth-order valence-corrected chi connectivity index (χ4v) is 2.99. The van der Waals surface area contributed by atoms with Crippen molar-refractivity contribution in [2.45, 2.75) is 13.8 Å². The van der Waals surface area contributed by atoms with E-state index in [1.165, 1.54) is 27.3 Å². The van der Waals surface area contributed by atoms with Crippen molar-refractivity contribution in [3.05, 3.63) is 76.1 Å². The molecule has 9 heteroatoms. The summed E-state index contributed by atoms with van der Waals surface area (Å²) >= 11 is 0. The Balaban J connectivity index is 2.77. The van der Waals surface area contributed by atoms with Crippen LogP contribution in [0, 0.1) is 12.7 Å². The predicted octanol–water partition coefficient (Wildman–Crippen LogP) is 2.90. The van der Waals surface area contributed by atoms with Crippen molar-refractivity contribution in [3.63, 3.8) is 0 Å². The zero-order valence-corrected chi connectivity index (χ0v) is 18.0. The third-order valence-corrected chi connectivity index (χ3v) is 4.43. The minimum Gasteiger partial charge on any atom is -0.410 e. The summed E-state index contributed by atoms with van der Waals surface area (Å²) < 4.78 is 14.7. The highest BCUT2D eigenvalue weighted by atomic mass is 19.1. The van der Waals surface area contributed by atoms with E-state index < -0.39 is 11.7 Å². The summed E-state index contributed by atoms with van der Waals surface area (Å²) in [7, 11) is 4.16. The van der Waals surface area contributed by atoms with E-state index in [0.29, 0.717) is 16.7 Å². The van der Waals surface area contributed by atoms with E-state index in [9.17, 15) is 9.18 Å². The molecule has 0 aliphatic rings. The second-order valence-electron chi connectivity index (χ2n) is 6.42. The van der Waals surface area contributed by atoms with Gasteiger partial charge in [-0.05, 0) is 31.5 Å². The number of nitrogens with zero attached hydrogens (tertiary/aromatic N) is 2. The highest BCUT2D eigenvalue weighted by molar-refractivity contribution is 6.45. The molecule has 0 saturated heterocycles. The van der Waals surface area contributed by atoms with Gasteiger partial charge in [0.25, 0.3) is 5.91 Å². The van der Waals surface area contributed by atoms with E-state index in [-0.39, 0.29) is 22.7 Å². The first-order valence-corrected chi connectivity index (χ1v) is 9.28. The number of hydrogen-bond donors (Lipinski definition) is 2. The Morgan fingerprint density at radius 3 is 2.16 bits per heavy atom. The first kappa shape index (κ1) is 23.6. The van der Waals surface area contributed by atoms with Crippen molar-refractivity contribution < 1.29 is 23.7 Å². The number of carbonyl (C=O) groups is 1. The van der Waals surface area contributed by atoms with Gasteiger partial charge < -0.3 is 19.8 Å². The van der Waals surface area contributed by atoms with E-state index in [2.05, 4.69) is 15.6 Å². The summed E-state index contributed by atoms with van der Waals surface area (Å²) in [4.78, 5) is 27.3. The zero-order valence-electron chi connectivity index (χ0n) is 18.0. The maximum Gasteiger partial charge on any atom is 0.273 e. The number of allylic oxidation sites excluding steroid dienone is 1. The maximum atomic E-state index is 14.7. The molecule has 31 heavy (non-hydrogen) atoms. The molecule has 0 heterocycles. The molecular formula is C22H25FN4O4. The van der Waals surface area contributed by atoms with Crippen LogP contribution in [0.3, 0.4) is 0 Å². The van der Waals surface area contributed by atoms with Gasteiger partial charge in [0.1, 0.15) is 25.7 Å². The van der Waals surface area contributed by atoms with Crippen molar-refractivity contribution >= 4 is 23.1 Å². The van der Waals surface area contributed by atoms with Gasteiger partial charge in [-0.1, -0.05) is 40.6 Å². The number of benzene rings is 2. The topological polar surface area (TPSA) is 108 Å². The first-order valence-electron chi connectivity index (χ1n) is 9.28. The van der Waals surface area contributed by atoms with Crippen molar-refractivity contribution in [2.75, 3.05) is 21.3 Å². The van der Waals surface area contributed by atoms with Crippen LogP contribution in [0.4, 0.5) is 4.39 Å². The lowest BCUT2D eigenvalue weighted by Crippen LogP contribution is -2.29. The number of oxime groups is 2. The van der Waals surface area contributed by atoms with Gasteiger partial charge in [-0.25, -0.2) is 4.39 Å². The molecule has 0 unspecified atom stereocenters. The molecule has 1 amide bonds. The number of aryl methyl sites for hydroxylation is 1. The fourth-order valence-electron chi connectivity index (χ4n) is 2.99. The Morgan fingerprint density at radius 2 is 1.61 bits per heavy atom. The summed E-state index contributed by atoms with van der Waals surface area (Å²) in [6.45, 7) is 3.44. The normalized spacial score (nSPS) is 12.7. The van der Waals surface area contributed by atoms with Crippen molar-refractivity contribution in [1.82, 2.24) is 5.32 Å². The number of likely N-dealkylation sites (N-methyl/N-ethyl adjacent to an activating group) is 1. The highest BCUT2D eigenvalue weighted by Crippen LogP contribution is 2.27. The summed E-state index contributed by atoms with van der Waals surface area (Å²) in [5, 5.41) is 10.3. The van der Waals surface area contributed by atoms with Gasteiger partial charge in [0.15, 0.2) is 11.5 Å². The lowest BCUT2D eigenvalue weighted by atomic mass is 9.95. The average Bonchev–Trinajstić information content (AvgIpc) is 2.76. The van der Waals surface area contributed by atoms with Crippen molar-refractivity contribution in [1.29, 1.82) is 0 Å². The van der Waals surface area contributed by atoms with Gasteiger partial charge in [-0.15, -0.1) is 0 Å². The SMILES string of the molecule is CNC(=O)/C(=N/OC)c1ccccc1/C(ON)=C(C)/C(=N\OC)c1ccc(C)cc1F. The molecular weight excluding hydrogens is 403 g/mol. The average molecular weight is 428 g/mol. The monoisotopic (exact) mass is 428 g/mol. The highest BCUT2D eigenvalue weighted by Gasteiger charge is 2.24. The van der Waals surface area contributed by atoms with Gasteiger partial charge in [0.05, 0.1) is 0 Å². The van der Waals surface area contributed by atoms with E-state index in [0.717, 1.165) is 5.56 Å². The van der Waals surface area contributed by atoms with Gasteiger partial charge in [0.2, 0.25) is 0 Å². The quantitative estimate of drug-likeness (QED) is 0.382. The van der Waals surface area contributed by atoms with Crippen LogP contribution in [0.25, 0.3) is 5.76 Å². The zero-order chi connectivity index (χ0) is 23.0. The van der Waals surface area contributed by atoms with Crippen LogP contribution in [-0.4, -0.2) is 38.6 Å². The number of nitrogens with one attached hydrogen (secondary N) is 1.